The summed E-state index contributed by atoms with van der Waals surface area (Å²) in [5.74, 6) is -6.80. The average molecular weight is 532 g/mol. The van der Waals surface area contributed by atoms with Crippen LogP contribution in [0.15, 0.2) is 0 Å². The molecule has 16 nitrogen and oxygen atoms in total. The van der Waals surface area contributed by atoms with E-state index in [-0.39, 0.29) is 38.5 Å². The molecule has 0 radical (unpaired) electrons. The van der Waals surface area contributed by atoms with Gasteiger partial charge in [0, 0.05) is 19.3 Å². The zero-order valence-electron chi connectivity index (χ0n) is 20.4. The van der Waals surface area contributed by atoms with Crippen molar-refractivity contribution >= 4 is 41.5 Å². The summed E-state index contributed by atoms with van der Waals surface area (Å²) in [6, 6.07) is -5.38. The average Bonchev–Trinajstić information content (AvgIpc) is 2.81. The lowest BCUT2D eigenvalue weighted by molar-refractivity contribution is -0.142. The van der Waals surface area contributed by atoms with Crippen LogP contribution in [0.3, 0.4) is 0 Å². The number of carbonyl (C=O) groups excluding carboxylic acids is 5. The summed E-state index contributed by atoms with van der Waals surface area (Å²) in [5, 5.41) is 25.1. The van der Waals surface area contributed by atoms with Gasteiger partial charge >= 0.3 is 11.9 Å². The van der Waals surface area contributed by atoms with Gasteiger partial charge in [-0.05, 0) is 45.1 Å². The maximum absolute atomic E-state index is 12.9. The molecule has 0 aliphatic rings. The number of hydrogen-bond acceptors (Lipinski definition) is 9. The lowest BCUT2D eigenvalue weighted by Gasteiger charge is -2.25. The third kappa shape index (κ3) is 15.0. The van der Waals surface area contributed by atoms with Crippen molar-refractivity contribution in [3.05, 3.63) is 0 Å². The topological polar surface area (TPSA) is 300 Å². The molecule has 0 fully saturated rings. The van der Waals surface area contributed by atoms with Crippen molar-refractivity contribution in [1.82, 2.24) is 16.0 Å². The second-order valence-electron chi connectivity index (χ2n) is 8.36. The van der Waals surface area contributed by atoms with Crippen LogP contribution >= 0.6 is 0 Å². The third-order valence-corrected chi connectivity index (χ3v) is 5.19. The highest BCUT2D eigenvalue weighted by Crippen LogP contribution is 2.06. The molecule has 0 spiro atoms. The Morgan fingerprint density at radius 2 is 1.08 bits per heavy atom. The molecule has 210 valence electrons. The fourth-order valence-corrected chi connectivity index (χ4v) is 3.09. The minimum absolute atomic E-state index is 0.0697. The minimum atomic E-state index is -1.41. The van der Waals surface area contributed by atoms with E-state index in [0.29, 0.717) is 19.4 Å². The highest BCUT2D eigenvalue weighted by Gasteiger charge is 2.30. The van der Waals surface area contributed by atoms with Gasteiger partial charge in [0.15, 0.2) is 0 Å². The Kier molecular flexibility index (Phi) is 15.8. The van der Waals surface area contributed by atoms with E-state index in [1.165, 1.54) is 0 Å². The van der Waals surface area contributed by atoms with Crippen LogP contribution < -0.4 is 38.9 Å². The monoisotopic (exact) mass is 531 g/mol. The predicted octanol–water partition coefficient (Wildman–Crippen LogP) is -3.62. The molecule has 37 heavy (non-hydrogen) atoms. The Morgan fingerprint density at radius 3 is 1.49 bits per heavy atom. The van der Waals surface area contributed by atoms with Crippen molar-refractivity contribution in [2.24, 2.45) is 22.9 Å². The van der Waals surface area contributed by atoms with Crippen LogP contribution in [-0.2, 0) is 33.6 Å². The number of primary amides is 2. The number of carbonyl (C=O) groups is 7. The van der Waals surface area contributed by atoms with E-state index in [1.807, 2.05) is 0 Å². The van der Waals surface area contributed by atoms with Gasteiger partial charge in [0.2, 0.25) is 29.5 Å². The van der Waals surface area contributed by atoms with Gasteiger partial charge in [-0.2, -0.15) is 0 Å². The van der Waals surface area contributed by atoms with Crippen molar-refractivity contribution in [3.8, 4) is 0 Å². The summed E-state index contributed by atoms with van der Waals surface area (Å²) in [6.45, 7) is 0.329. The smallest absolute Gasteiger partial charge is 0.326 e. The van der Waals surface area contributed by atoms with Crippen LogP contribution in [0.2, 0.25) is 0 Å². The number of aliphatic carboxylic acids is 2. The number of hydrogen-bond donors (Lipinski definition) is 9. The van der Waals surface area contributed by atoms with E-state index >= 15 is 0 Å². The molecule has 4 unspecified atom stereocenters. The largest absolute Gasteiger partial charge is 0.481 e. The number of nitrogens with one attached hydrogen (secondary N) is 3. The number of carboxylic acid groups (broad SMARTS) is 2. The van der Waals surface area contributed by atoms with Gasteiger partial charge in [-0.3, -0.25) is 28.8 Å². The van der Waals surface area contributed by atoms with Gasteiger partial charge in [0.25, 0.3) is 0 Å². The first-order valence-electron chi connectivity index (χ1n) is 11.7. The molecule has 0 aromatic rings. The number of amides is 5. The molecular formula is C21H37N7O9. The molecule has 0 saturated heterocycles. The quantitative estimate of drug-likeness (QED) is 0.0690. The maximum Gasteiger partial charge on any atom is 0.326 e. The van der Waals surface area contributed by atoms with E-state index in [1.54, 1.807) is 0 Å². The second-order valence-corrected chi connectivity index (χ2v) is 8.36. The van der Waals surface area contributed by atoms with Crippen LogP contribution in [0, 0.1) is 0 Å². The van der Waals surface area contributed by atoms with E-state index in [2.05, 4.69) is 16.0 Å². The summed E-state index contributed by atoms with van der Waals surface area (Å²) in [6.07, 6.45) is -0.845. The summed E-state index contributed by atoms with van der Waals surface area (Å²) in [4.78, 5) is 82.8. The van der Waals surface area contributed by atoms with Crippen molar-refractivity contribution in [2.75, 3.05) is 6.54 Å². The molecule has 0 bridgehead atoms. The number of carboxylic acids is 2. The fourth-order valence-electron chi connectivity index (χ4n) is 3.09. The van der Waals surface area contributed by atoms with Crippen molar-refractivity contribution in [1.29, 1.82) is 0 Å². The van der Waals surface area contributed by atoms with Gasteiger partial charge < -0.3 is 49.1 Å². The van der Waals surface area contributed by atoms with Crippen LogP contribution in [0.4, 0.5) is 0 Å². The van der Waals surface area contributed by atoms with E-state index in [9.17, 15) is 38.7 Å². The first kappa shape index (κ1) is 33.2. The van der Waals surface area contributed by atoms with Gasteiger partial charge in [-0.15, -0.1) is 0 Å². The van der Waals surface area contributed by atoms with E-state index in [0.717, 1.165) is 0 Å². The molecule has 0 heterocycles. The van der Waals surface area contributed by atoms with Crippen molar-refractivity contribution in [3.63, 3.8) is 0 Å². The number of nitrogens with two attached hydrogens (primary N) is 4. The molecule has 5 amide bonds. The lowest BCUT2D eigenvalue weighted by atomic mass is 10.0. The second kappa shape index (κ2) is 17.6. The Labute approximate surface area is 213 Å². The Hall–Kier alpha value is -3.79. The van der Waals surface area contributed by atoms with Gasteiger partial charge in [-0.25, -0.2) is 4.79 Å². The lowest BCUT2D eigenvalue weighted by Crippen LogP contribution is -2.57. The van der Waals surface area contributed by atoms with Gasteiger partial charge in [0.1, 0.15) is 18.1 Å². The van der Waals surface area contributed by atoms with Gasteiger partial charge in [-0.1, -0.05) is 0 Å². The highest BCUT2D eigenvalue weighted by molar-refractivity contribution is 5.94. The molecule has 0 saturated carbocycles. The van der Waals surface area contributed by atoms with Crippen molar-refractivity contribution in [2.45, 2.75) is 82.0 Å². The molecule has 16 heteroatoms. The van der Waals surface area contributed by atoms with E-state index in [4.69, 9.17) is 28.0 Å². The number of rotatable bonds is 20. The normalized spacial score (nSPS) is 13.9. The Balaban J connectivity index is 5.59. The summed E-state index contributed by atoms with van der Waals surface area (Å²) < 4.78 is 0. The molecule has 0 aromatic heterocycles. The summed E-state index contributed by atoms with van der Waals surface area (Å²) in [5.41, 5.74) is 21.3. The molecule has 0 rings (SSSR count). The zero-order valence-corrected chi connectivity index (χ0v) is 20.4. The summed E-state index contributed by atoms with van der Waals surface area (Å²) >= 11 is 0. The molecule has 13 N–H and O–H groups in total. The zero-order chi connectivity index (χ0) is 28.5. The van der Waals surface area contributed by atoms with Crippen molar-refractivity contribution < 1.29 is 43.8 Å². The molecule has 0 aliphatic heterocycles. The fraction of sp³-hybridized carbons (Fsp3) is 0.667. The van der Waals surface area contributed by atoms with Crippen LogP contribution in [0.25, 0.3) is 0 Å². The first-order chi connectivity index (χ1) is 17.3. The van der Waals surface area contributed by atoms with E-state index < -0.39 is 72.1 Å². The van der Waals surface area contributed by atoms with Crippen LogP contribution in [-0.4, -0.2) is 82.4 Å². The maximum atomic E-state index is 12.9. The first-order valence-corrected chi connectivity index (χ1v) is 11.7. The third-order valence-electron chi connectivity index (χ3n) is 5.19. The highest BCUT2D eigenvalue weighted by atomic mass is 16.4. The molecule has 0 aliphatic carbocycles. The number of unbranched alkanes of at least 4 members (excludes halogenated alkanes) is 1. The molecular weight excluding hydrogens is 494 g/mol. The van der Waals surface area contributed by atoms with Crippen LogP contribution in [0.1, 0.15) is 57.8 Å². The molecule has 4 atom stereocenters. The van der Waals surface area contributed by atoms with Crippen LogP contribution in [0.5, 0.6) is 0 Å². The Bertz CT molecular complexity index is 837. The van der Waals surface area contributed by atoms with Gasteiger partial charge in [0.05, 0.1) is 6.04 Å². The minimum Gasteiger partial charge on any atom is -0.481 e. The predicted molar refractivity (Wildman–Crippen MR) is 128 cm³/mol. The SMILES string of the molecule is NCCCCC(NC(=O)C(CCC(N)=O)NC(=O)C(CCC(N)=O)NC(=O)C(N)CCC(=O)O)C(=O)O. The Morgan fingerprint density at radius 1 is 0.622 bits per heavy atom. The molecule has 0 aromatic carbocycles. The summed E-state index contributed by atoms with van der Waals surface area (Å²) in [7, 11) is 0. The standard InChI is InChI=1S/C21H37N7O9/c22-10-2-1-3-14(21(36)37)28-20(35)13(6-8-16(25)30)27-19(34)12(5-7-15(24)29)26-18(33)11(23)4-9-17(31)32/h11-14H,1-10,22-23H2,(H2,24,29)(H2,25,30)(H,26,33)(H,27,34)(H,28,35)(H,31,32)(H,36,37).